The zero-order valence-corrected chi connectivity index (χ0v) is 13.4. The molecule has 0 fully saturated rings. The van der Waals surface area contributed by atoms with Crippen molar-refractivity contribution in [2.24, 2.45) is 10.7 Å². The van der Waals surface area contributed by atoms with E-state index in [4.69, 9.17) is 5.73 Å². The number of nitrogens with two attached hydrogens (primary N) is 1. The van der Waals surface area contributed by atoms with E-state index >= 15 is 0 Å². The number of nitrogens with one attached hydrogen (secondary N) is 1. The quantitative estimate of drug-likeness (QED) is 0.906. The number of primary amides is 1. The van der Waals surface area contributed by atoms with Crippen molar-refractivity contribution < 1.29 is 9.18 Å². The predicted molar refractivity (Wildman–Crippen MR) is 87.4 cm³/mol. The molecule has 118 valence electrons. The first kappa shape index (κ1) is 15.4. The Bertz CT molecular complexity index is 811. The van der Waals surface area contributed by atoms with Crippen molar-refractivity contribution in [2.45, 2.75) is 19.4 Å². The molecule has 5 nitrogen and oxygen atoms in total. The number of hydrogen-bond acceptors (Lipinski definition) is 5. The molecule has 3 rings (SSSR count). The highest BCUT2D eigenvalue weighted by Gasteiger charge is 2.39. The molecule has 1 amide bonds. The van der Waals surface area contributed by atoms with Crippen LogP contribution in [-0.2, 0) is 10.3 Å². The van der Waals surface area contributed by atoms with Crippen molar-refractivity contribution in [1.82, 2.24) is 10.3 Å². The van der Waals surface area contributed by atoms with Crippen LogP contribution < -0.4 is 11.1 Å². The number of carbonyl (C=O) groups is 1. The molecular weight excluding hydrogens is 315 g/mol. The number of aromatic nitrogens is 1. The second-order valence-electron chi connectivity index (χ2n) is 5.37. The zero-order chi connectivity index (χ0) is 16.6. The molecule has 0 bridgehead atoms. The smallest absolute Gasteiger partial charge is 0.249 e. The second kappa shape index (κ2) is 5.58. The van der Waals surface area contributed by atoms with Crippen LogP contribution in [0.25, 0.3) is 0 Å². The van der Waals surface area contributed by atoms with Crippen molar-refractivity contribution in [1.29, 1.82) is 0 Å². The average molecular weight is 330 g/mol. The molecule has 2 heterocycles. The van der Waals surface area contributed by atoms with Crippen molar-refractivity contribution in [2.75, 3.05) is 0 Å². The highest BCUT2D eigenvalue weighted by molar-refractivity contribution is 7.11. The number of thiazole rings is 1. The van der Waals surface area contributed by atoms with E-state index in [0.29, 0.717) is 27.7 Å². The van der Waals surface area contributed by atoms with Crippen LogP contribution in [0.5, 0.6) is 0 Å². The molecule has 1 aliphatic heterocycles. The first-order chi connectivity index (χ1) is 10.9. The van der Waals surface area contributed by atoms with Gasteiger partial charge < -0.3 is 11.1 Å². The van der Waals surface area contributed by atoms with E-state index in [0.717, 1.165) is 0 Å². The molecule has 23 heavy (non-hydrogen) atoms. The largest absolute Gasteiger partial charge is 0.366 e. The molecule has 1 aromatic carbocycles. The summed E-state index contributed by atoms with van der Waals surface area (Å²) >= 11 is 1.44. The summed E-state index contributed by atoms with van der Waals surface area (Å²) in [5.41, 5.74) is 6.22. The van der Waals surface area contributed by atoms with Gasteiger partial charge in [-0.1, -0.05) is 12.1 Å². The zero-order valence-electron chi connectivity index (χ0n) is 12.6. The van der Waals surface area contributed by atoms with Gasteiger partial charge >= 0.3 is 0 Å². The molecule has 1 aromatic heterocycles. The highest BCUT2D eigenvalue weighted by Crippen LogP contribution is 2.37. The van der Waals surface area contributed by atoms with Crippen molar-refractivity contribution in [3.8, 4) is 0 Å². The highest BCUT2D eigenvalue weighted by atomic mass is 32.1. The maximum atomic E-state index is 13.3. The van der Waals surface area contributed by atoms with Crippen LogP contribution in [0.1, 0.15) is 24.4 Å². The fourth-order valence-electron chi connectivity index (χ4n) is 2.76. The summed E-state index contributed by atoms with van der Waals surface area (Å²) in [6.45, 7) is 3.56. The van der Waals surface area contributed by atoms with Crippen LogP contribution in [0.4, 0.5) is 4.39 Å². The molecule has 0 spiro atoms. The number of halogens is 1. The number of amidine groups is 1. The number of carbonyl (C=O) groups excluding carboxylic acids is 1. The van der Waals surface area contributed by atoms with Crippen LogP contribution in [-0.4, -0.2) is 16.7 Å². The molecule has 0 radical (unpaired) electrons. The molecule has 3 N–H and O–H groups in total. The summed E-state index contributed by atoms with van der Waals surface area (Å²) in [4.78, 5) is 20.9. The fourth-order valence-corrected chi connectivity index (χ4v) is 3.34. The number of allylic oxidation sites excluding steroid dienone is 1. The maximum Gasteiger partial charge on any atom is 0.249 e. The number of hydrogen-bond donors (Lipinski definition) is 2. The number of nitrogens with zero attached hydrogens (tertiary/aromatic N) is 2. The molecule has 1 unspecified atom stereocenters. The second-order valence-corrected chi connectivity index (χ2v) is 6.26. The number of rotatable bonds is 3. The van der Waals surface area contributed by atoms with Gasteiger partial charge in [0.05, 0.1) is 5.57 Å². The van der Waals surface area contributed by atoms with Gasteiger partial charge in [-0.2, -0.15) is 0 Å². The van der Waals surface area contributed by atoms with Gasteiger partial charge in [-0.3, -0.25) is 4.79 Å². The van der Waals surface area contributed by atoms with E-state index in [9.17, 15) is 9.18 Å². The number of aliphatic imine (C=N–C) groups is 1. The minimum absolute atomic E-state index is 0.350. The molecule has 0 aliphatic carbocycles. The number of benzene rings is 1. The van der Waals surface area contributed by atoms with Gasteiger partial charge in [0.15, 0.2) is 10.8 Å². The lowest BCUT2D eigenvalue weighted by molar-refractivity contribution is -0.115. The summed E-state index contributed by atoms with van der Waals surface area (Å²) in [7, 11) is 0. The van der Waals surface area contributed by atoms with Gasteiger partial charge in [-0.15, -0.1) is 11.3 Å². The van der Waals surface area contributed by atoms with Crippen molar-refractivity contribution in [3.05, 3.63) is 63.5 Å². The molecule has 0 saturated heterocycles. The summed E-state index contributed by atoms with van der Waals surface area (Å²) in [6, 6.07) is 5.91. The normalized spacial score (nSPS) is 20.9. The molecule has 7 heteroatoms. The minimum Gasteiger partial charge on any atom is -0.366 e. The third-order valence-electron chi connectivity index (χ3n) is 3.79. The Hall–Kier alpha value is -2.54. The third kappa shape index (κ3) is 2.63. The van der Waals surface area contributed by atoms with Gasteiger partial charge in [0.1, 0.15) is 11.4 Å². The van der Waals surface area contributed by atoms with Crippen LogP contribution in [0.2, 0.25) is 0 Å². The fraction of sp³-hybridized carbons (Fsp3) is 0.188. The molecule has 1 atom stereocenters. The Labute approximate surface area is 136 Å². The van der Waals surface area contributed by atoms with E-state index in [1.807, 2.05) is 5.38 Å². The Kier molecular flexibility index (Phi) is 3.73. The van der Waals surface area contributed by atoms with Crippen molar-refractivity contribution >= 4 is 23.1 Å². The standard InChI is InChI=1S/C16H15FN4OS/c1-9-12(13(18)22)16(2,10-3-5-11(17)6-4-10)21-14(20-9)15-19-7-8-23-15/h3-8H,1-2H3,(H2,18,22)(H,20,21). The maximum absolute atomic E-state index is 13.3. The predicted octanol–water partition coefficient (Wildman–Crippen LogP) is 2.31. The molecule has 2 aromatic rings. The van der Waals surface area contributed by atoms with Crippen LogP contribution >= 0.6 is 11.3 Å². The lowest BCUT2D eigenvalue weighted by atomic mass is 9.82. The van der Waals surface area contributed by atoms with E-state index in [1.165, 1.54) is 23.5 Å². The van der Waals surface area contributed by atoms with Gasteiger partial charge in [-0.25, -0.2) is 14.4 Å². The Balaban J connectivity index is 2.19. The van der Waals surface area contributed by atoms with E-state index in [-0.39, 0.29) is 5.82 Å². The van der Waals surface area contributed by atoms with Gasteiger partial charge in [0.2, 0.25) is 5.91 Å². The minimum atomic E-state index is -1.00. The van der Waals surface area contributed by atoms with Gasteiger partial charge in [0, 0.05) is 17.3 Å². The monoisotopic (exact) mass is 330 g/mol. The number of amides is 1. The summed E-state index contributed by atoms with van der Waals surface area (Å²) in [5.74, 6) is -0.352. The summed E-state index contributed by atoms with van der Waals surface area (Å²) in [5, 5.41) is 5.64. The van der Waals surface area contributed by atoms with E-state index in [2.05, 4.69) is 15.3 Å². The van der Waals surface area contributed by atoms with Crippen LogP contribution in [0.15, 0.2) is 52.1 Å². The Morgan fingerprint density at radius 3 is 2.61 bits per heavy atom. The Morgan fingerprint density at radius 1 is 1.35 bits per heavy atom. The Morgan fingerprint density at radius 2 is 2.04 bits per heavy atom. The molecule has 1 aliphatic rings. The van der Waals surface area contributed by atoms with E-state index < -0.39 is 11.4 Å². The topological polar surface area (TPSA) is 80.4 Å². The average Bonchev–Trinajstić information content (AvgIpc) is 3.00. The summed E-state index contributed by atoms with van der Waals surface area (Å²) in [6.07, 6.45) is 1.68. The van der Waals surface area contributed by atoms with Gasteiger partial charge in [-0.05, 0) is 31.5 Å². The van der Waals surface area contributed by atoms with Crippen molar-refractivity contribution in [3.63, 3.8) is 0 Å². The van der Waals surface area contributed by atoms with Crippen LogP contribution in [0, 0.1) is 5.82 Å². The first-order valence-corrected chi connectivity index (χ1v) is 7.83. The molecular formula is C16H15FN4OS. The lowest BCUT2D eigenvalue weighted by Crippen LogP contribution is -2.42. The van der Waals surface area contributed by atoms with E-state index in [1.54, 1.807) is 32.2 Å². The summed E-state index contributed by atoms with van der Waals surface area (Å²) < 4.78 is 13.3. The SMILES string of the molecule is CC1=C(C(N)=O)C(C)(c2ccc(F)cc2)N=C(c2nccs2)N1. The first-order valence-electron chi connectivity index (χ1n) is 6.96. The van der Waals surface area contributed by atoms with Crippen LogP contribution in [0.3, 0.4) is 0 Å². The molecule has 0 saturated carbocycles. The third-order valence-corrected chi connectivity index (χ3v) is 4.57. The lowest BCUT2D eigenvalue weighted by Gasteiger charge is -2.33. The van der Waals surface area contributed by atoms with Gasteiger partial charge in [0.25, 0.3) is 0 Å².